The van der Waals surface area contributed by atoms with Gasteiger partial charge in [0.05, 0.1) is 23.7 Å². The molecule has 4 aliphatic rings. The molecule has 4 aliphatic heterocycles. The van der Waals surface area contributed by atoms with E-state index in [1.807, 2.05) is 25.8 Å². The number of amides is 1. The summed E-state index contributed by atoms with van der Waals surface area (Å²) in [7, 11) is 1.98. The maximum Gasteiger partial charge on any atom is 0.254 e. The zero-order valence-electron chi connectivity index (χ0n) is 24.4. The molecule has 2 bridgehead atoms. The van der Waals surface area contributed by atoms with Gasteiger partial charge >= 0.3 is 0 Å². The number of benzene rings is 2. The zero-order valence-corrected chi connectivity index (χ0v) is 29.9. The molecule has 5 atom stereocenters. The van der Waals surface area contributed by atoms with Crippen molar-refractivity contribution in [2.45, 2.75) is 64.0 Å². The fourth-order valence-corrected chi connectivity index (χ4v) is 7.76. The Morgan fingerprint density at radius 1 is 1.09 bits per heavy atom. The smallest absolute Gasteiger partial charge is 0.254 e. The summed E-state index contributed by atoms with van der Waals surface area (Å²) in [5.41, 5.74) is 5.90. The van der Waals surface area contributed by atoms with Gasteiger partial charge in [-0.05, 0) is 69.5 Å². The number of carbonyl (C=O) groups excluding carboxylic acids is 1. The molecule has 1 fully saturated rings. The van der Waals surface area contributed by atoms with Crippen LogP contribution in [0.15, 0.2) is 24.4 Å². The van der Waals surface area contributed by atoms with Crippen LogP contribution >= 0.6 is 11.6 Å². The van der Waals surface area contributed by atoms with Crippen LogP contribution in [0.3, 0.4) is 0 Å². The summed E-state index contributed by atoms with van der Waals surface area (Å²) < 4.78 is 11.7. The number of aryl methyl sites for hydroxylation is 1. The number of halogens is 1. The molecule has 1 aromatic heterocycles. The number of nitrogens with one attached hydrogen (secondary N) is 1. The van der Waals surface area contributed by atoms with Crippen molar-refractivity contribution in [1.29, 1.82) is 0 Å². The number of hydrogen-bond donors (Lipinski definition) is 4. The van der Waals surface area contributed by atoms with E-state index in [0.29, 0.717) is 41.0 Å². The van der Waals surface area contributed by atoms with Crippen LogP contribution in [0.5, 0.6) is 23.0 Å². The van der Waals surface area contributed by atoms with Gasteiger partial charge in [-0.25, -0.2) is 4.98 Å². The van der Waals surface area contributed by atoms with E-state index in [1.54, 1.807) is 19.1 Å². The van der Waals surface area contributed by atoms with Crippen LogP contribution < -0.4 is 14.8 Å². The molecule has 4 N–H and O–H groups in total. The third kappa shape index (κ3) is 4.57. The van der Waals surface area contributed by atoms with E-state index in [2.05, 4.69) is 21.3 Å². The summed E-state index contributed by atoms with van der Waals surface area (Å²) in [5.74, 6) is 0.960. The Hall–Kier alpha value is -2.13. The van der Waals surface area contributed by atoms with E-state index in [-0.39, 0.29) is 97.7 Å². The van der Waals surface area contributed by atoms with Crippen LogP contribution in [-0.2, 0) is 12.8 Å². The minimum absolute atomic E-state index is 0. The Kier molecular flexibility index (Phi) is 8.15. The predicted octanol–water partition coefficient (Wildman–Crippen LogP) is 3.43. The summed E-state index contributed by atoms with van der Waals surface area (Å²) >= 11 is 6.22. The molecule has 0 aliphatic carbocycles. The standard InChI is InChI=1S/C31H33ClN4O6.Ac/c1-13-8-16-9-20-31(40)36-19(24(35(20)4)22(16)26(38)14(13)2)10-18-23(28-27(41-12-42-28)15(3)25(18)37)21(36)11-34-30(39)17-6-5-7-33-29(17)32;/h5-8,19-21,24,31,37-38,40H,9-12H2,1-4H3,(H,34,39);/t19?,20-,21-,24+,31-;/m0./s1. The second-order valence-electron chi connectivity index (χ2n) is 11.8. The number of aliphatic hydroxyl groups excluding tert-OH is 1. The van der Waals surface area contributed by atoms with E-state index in [1.165, 1.54) is 6.20 Å². The average Bonchev–Trinajstić information content (AvgIpc) is 3.46. The molecule has 223 valence electrons. The molecule has 43 heavy (non-hydrogen) atoms. The van der Waals surface area contributed by atoms with Gasteiger partial charge in [0.15, 0.2) is 11.5 Å². The van der Waals surface area contributed by atoms with E-state index in [0.717, 1.165) is 22.3 Å². The summed E-state index contributed by atoms with van der Waals surface area (Å²) in [6.07, 6.45) is 1.55. The molecule has 3 aromatic rings. The van der Waals surface area contributed by atoms with Gasteiger partial charge in [0.2, 0.25) is 6.79 Å². The number of piperazine rings is 1. The number of pyridine rings is 1. The van der Waals surface area contributed by atoms with Crippen molar-refractivity contribution in [2.75, 3.05) is 20.4 Å². The Labute approximate surface area is 290 Å². The molecule has 1 unspecified atom stereocenters. The fourth-order valence-electron chi connectivity index (χ4n) is 7.56. The monoisotopic (exact) mass is 819 g/mol. The van der Waals surface area contributed by atoms with Crippen molar-refractivity contribution in [3.63, 3.8) is 0 Å². The average molecular weight is 820 g/mol. The minimum atomic E-state index is -0.911. The molecule has 2 aromatic carbocycles. The van der Waals surface area contributed by atoms with Crippen molar-refractivity contribution in [1.82, 2.24) is 20.1 Å². The van der Waals surface area contributed by atoms with Gasteiger partial charge in [0.25, 0.3) is 5.91 Å². The van der Waals surface area contributed by atoms with Crippen LogP contribution in [0.4, 0.5) is 0 Å². The van der Waals surface area contributed by atoms with Crippen LogP contribution in [-0.4, -0.2) is 74.7 Å². The van der Waals surface area contributed by atoms with Gasteiger partial charge in [-0.3, -0.25) is 14.6 Å². The normalized spacial score (nSPS) is 25.3. The number of aromatic nitrogens is 1. The number of likely N-dealkylation sites (N-methyl/N-ethyl adjacent to an activating group) is 1. The maximum absolute atomic E-state index is 13.3. The molecular formula is C31H33AcClN4O6. The van der Waals surface area contributed by atoms with Crippen molar-refractivity contribution >= 4 is 17.5 Å². The third-order valence-electron chi connectivity index (χ3n) is 9.75. The second-order valence-corrected chi connectivity index (χ2v) is 12.1. The number of phenolic OH excluding ortho intramolecular Hbond substituents is 2. The van der Waals surface area contributed by atoms with E-state index in [9.17, 15) is 20.1 Å². The molecule has 1 radical (unpaired) electrons. The van der Waals surface area contributed by atoms with Gasteiger partial charge in [-0.2, -0.15) is 0 Å². The summed E-state index contributed by atoms with van der Waals surface area (Å²) in [6.45, 7) is 5.80. The van der Waals surface area contributed by atoms with E-state index >= 15 is 0 Å². The number of ether oxygens (including phenoxy) is 2. The molecule has 10 nitrogen and oxygen atoms in total. The minimum Gasteiger partial charge on any atom is -0.507 e. The summed E-state index contributed by atoms with van der Waals surface area (Å²) in [6, 6.07) is 3.91. The van der Waals surface area contributed by atoms with Crippen molar-refractivity contribution in [2.24, 2.45) is 0 Å². The molecular weight excluding hydrogens is 787 g/mol. The van der Waals surface area contributed by atoms with Crippen molar-refractivity contribution < 1.29 is 73.7 Å². The Bertz CT molecular complexity index is 1650. The first kappa shape index (κ1) is 30.9. The molecule has 1 amide bonds. The van der Waals surface area contributed by atoms with Crippen molar-refractivity contribution in [3.05, 3.63) is 74.1 Å². The summed E-state index contributed by atoms with van der Waals surface area (Å²) in [4.78, 5) is 21.5. The number of aliphatic hydroxyl groups is 1. The number of fused-ring (bicyclic) bond motifs is 9. The van der Waals surface area contributed by atoms with Gasteiger partial charge in [-0.1, -0.05) is 17.7 Å². The first-order valence-electron chi connectivity index (χ1n) is 14.1. The number of hydrogen-bond acceptors (Lipinski definition) is 9. The number of rotatable bonds is 3. The van der Waals surface area contributed by atoms with E-state index in [4.69, 9.17) is 21.1 Å². The summed E-state index contributed by atoms with van der Waals surface area (Å²) in [5, 5.41) is 38.1. The third-order valence-corrected chi connectivity index (χ3v) is 10.1. The van der Waals surface area contributed by atoms with Crippen LogP contribution in [0.1, 0.15) is 61.4 Å². The second kappa shape index (κ2) is 11.3. The number of aromatic hydroxyl groups is 2. The first-order chi connectivity index (χ1) is 20.1. The molecule has 0 spiro atoms. The van der Waals surface area contributed by atoms with Crippen LogP contribution in [0, 0.1) is 64.8 Å². The Morgan fingerprint density at radius 3 is 2.58 bits per heavy atom. The largest absolute Gasteiger partial charge is 0.507 e. The number of phenols is 2. The van der Waals surface area contributed by atoms with Gasteiger partial charge in [0.1, 0.15) is 22.9 Å². The molecule has 12 heteroatoms. The first-order valence-corrected chi connectivity index (χ1v) is 14.5. The van der Waals surface area contributed by atoms with Gasteiger partial charge in [0, 0.05) is 85.1 Å². The van der Waals surface area contributed by atoms with E-state index < -0.39 is 18.2 Å². The number of nitrogens with zero attached hydrogens (tertiary/aromatic N) is 3. The van der Waals surface area contributed by atoms with Crippen molar-refractivity contribution in [3.8, 4) is 23.0 Å². The van der Waals surface area contributed by atoms with Crippen LogP contribution in [0.25, 0.3) is 0 Å². The molecule has 5 heterocycles. The fraction of sp³-hybridized carbons (Fsp3) is 0.419. The molecule has 1 saturated heterocycles. The number of carbonyl (C=O) groups is 1. The molecule has 7 rings (SSSR count). The zero-order chi connectivity index (χ0) is 29.6. The SMILES string of the molecule is Cc1cc2c(c(O)c1C)[C@H]1C3Cc4c(O)c(C)c5c(c4[C@H](CNC(=O)c4cccnc4Cl)N3[C@@H](O)[C@H](C2)N1C)OCO5.[Ac]. The maximum atomic E-state index is 13.3. The Balaban J connectivity index is 0.00000329. The van der Waals surface area contributed by atoms with Gasteiger partial charge < -0.3 is 30.1 Å². The quantitative estimate of drug-likeness (QED) is 0.295. The predicted molar refractivity (Wildman–Crippen MR) is 154 cm³/mol. The topological polar surface area (TPSA) is 128 Å². The molecule has 0 saturated carbocycles. The van der Waals surface area contributed by atoms with Crippen LogP contribution in [0.2, 0.25) is 5.15 Å². The van der Waals surface area contributed by atoms with Gasteiger partial charge in [-0.15, -0.1) is 0 Å². The Morgan fingerprint density at radius 2 is 1.84 bits per heavy atom.